The van der Waals surface area contributed by atoms with E-state index in [9.17, 15) is 14.7 Å². The number of carboxylic acids is 1. The summed E-state index contributed by atoms with van der Waals surface area (Å²) in [5, 5.41) is 19.4. The number of carbonyl (C=O) groups excluding carboxylic acids is 1. The fourth-order valence-corrected chi connectivity index (χ4v) is 3.59. The van der Waals surface area contributed by atoms with Gasteiger partial charge in [-0.05, 0) is 12.3 Å². The summed E-state index contributed by atoms with van der Waals surface area (Å²) in [4.78, 5) is 28.0. The van der Waals surface area contributed by atoms with Crippen molar-refractivity contribution in [3.05, 3.63) is 0 Å². The van der Waals surface area contributed by atoms with Crippen molar-refractivity contribution in [2.75, 3.05) is 20.2 Å². The third kappa shape index (κ3) is 4.20. The number of aliphatic hydroxyl groups excluding tert-OH is 1. The van der Waals surface area contributed by atoms with Gasteiger partial charge in [-0.25, -0.2) is 4.79 Å². The number of ether oxygens (including phenoxy) is 1. The van der Waals surface area contributed by atoms with E-state index in [4.69, 9.17) is 20.4 Å². The van der Waals surface area contributed by atoms with E-state index in [2.05, 4.69) is 0 Å². The average molecular weight is 331 g/mol. The largest absolute Gasteiger partial charge is 0.550 e. The molecule has 8 heteroatoms. The molecule has 132 valence electrons. The van der Waals surface area contributed by atoms with Gasteiger partial charge in [0.2, 0.25) is 6.54 Å². The van der Waals surface area contributed by atoms with E-state index in [0.29, 0.717) is 12.3 Å². The Balaban J connectivity index is 1.95. The van der Waals surface area contributed by atoms with Crippen molar-refractivity contribution in [2.45, 2.75) is 56.8 Å². The Labute approximate surface area is 135 Å². The highest BCUT2D eigenvalue weighted by atomic mass is 16.8. The molecule has 2 fully saturated rings. The van der Waals surface area contributed by atoms with Crippen LogP contribution in [0, 0.1) is 5.92 Å². The first-order valence-corrected chi connectivity index (χ1v) is 8.17. The molecule has 0 aromatic rings. The Morgan fingerprint density at radius 3 is 2.65 bits per heavy atom. The predicted octanol–water partition coefficient (Wildman–Crippen LogP) is 0.627. The molecule has 2 rings (SSSR count). The zero-order chi connectivity index (χ0) is 17.0. The number of quaternary nitrogens is 1. The van der Waals surface area contributed by atoms with Crippen molar-refractivity contribution in [3.63, 3.8) is 0 Å². The van der Waals surface area contributed by atoms with Gasteiger partial charge in [0.15, 0.2) is 12.6 Å². The number of nitrogens with zero attached hydrogens (tertiary/aromatic N) is 1. The van der Waals surface area contributed by atoms with Crippen molar-refractivity contribution in [2.24, 2.45) is 11.7 Å². The number of hydroxylamine groups is 3. The maximum atomic E-state index is 12.0. The van der Waals surface area contributed by atoms with E-state index in [1.54, 1.807) is 0 Å². The summed E-state index contributed by atoms with van der Waals surface area (Å²) < 4.78 is 4.37. The number of aliphatic hydroxyl groups is 1. The molecule has 2 aliphatic rings. The van der Waals surface area contributed by atoms with Gasteiger partial charge in [-0.2, -0.15) is 9.63 Å². The lowest BCUT2D eigenvalue weighted by molar-refractivity contribution is -1.03. The van der Waals surface area contributed by atoms with Crippen LogP contribution in [-0.4, -0.2) is 65.4 Å². The number of carbonyl (C=O) groups is 2. The number of amides is 1. The summed E-state index contributed by atoms with van der Waals surface area (Å²) in [6.07, 6.45) is 3.86. The van der Waals surface area contributed by atoms with Crippen molar-refractivity contribution in [1.82, 2.24) is 0 Å². The summed E-state index contributed by atoms with van der Waals surface area (Å²) in [5.41, 5.74) is 6.10. The van der Waals surface area contributed by atoms with Crippen molar-refractivity contribution in [3.8, 4) is 0 Å². The van der Waals surface area contributed by atoms with Crippen LogP contribution < -0.4 is 5.73 Å². The number of rotatable bonds is 7. The molecular formula is C15H27N2O6+. The number of hydrogen-bond donors (Lipinski definition) is 3. The van der Waals surface area contributed by atoms with Crippen LogP contribution in [0.5, 0.6) is 0 Å². The Kier molecular flexibility index (Phi) is 5.96. The Morgan fingerprint density at radius 1 is 1.43 bits per heavy atom. The minimum atomic E-state index is -1.18. The average Bonchev–Trinajstić information content (AvgIpc) is 2.84. The first kappa shape index (κ1) is 18.1. The smallest absolute Gasteiger partial charge is 0.477 e. The number of hydrogen-bond acceptors (Lipinski definition) is 6. The van der Waals surface area contributed by atoms with Crippen molar-refractivity contribution in [1.29, 1.82) is 0 Å². The second-order valence-corrected chi connectivity index (χ2v) is 6.62. The maximum Gasteiger partial charge on any atom is 0.550 e. The summed E-state index contributed by atoms with van der Waals surface area (Å²) in [5.74, 6) is -0.684. The Bertz CT molecular complexity index is 440. The predicted molar refractivity (Wildman–Crippen MR) is 80.1 cm³/mol. The SMILES string of the molecule is CO[N+]1(CC(=O)O)C[C@@H]([C@H](O)[C@@H](N)CC2CCCCC2)OC1=O. The topological polar surface area (TPSA) is 119 Å². The monoisotopic (exact) mass is 331 g/mol. The van der Waals surface area contributed by atoms with Gasteiger partial charge in [-0.15, -0.1) is 0 Å². The van der Waals surface area contributed by atoms with Gasteiger partial charge in [-0.3, -0.25) is 0 Å². The van der Waals surface area contributed by atoms with Crippen molar-refractivity contribution >= 4 is 12.1 Å². The van der Waals surface area contributed by atoms with E-state index < -0.39 is 41.5 Å². The molecule has 1 aliphatic carbocycles. The van der Waals surface area contributed by atoms with Crippen LogP contribution in [0.25, 0.3) is 0 Å². The number of cyclic esters (lactones) is 1. The van der Waals surface area contributed by atoms with Crippen LogP contribution in [-0.2, 0) is 14.4 Å². The third-order valence-electron chi connectivity index (χ3n) is 4.95. The Morgan fingerprint density at radius 2 is 2.09 bits per heavy atom. The molecule has 0 aromatic carbocycles. The van der Waals surface area contributed by atoms with E-state index in [1.807, 2.05) is 0 Å². The summed E-state index contributed by atoms with van der Waals surface area (Å²) in [6, 6.07) is -0.502. The highest BCUT2D eigenvalue weighted by molar-refractivity contribution is 5.71. The molecule has 1 amide bonds. The van der Waals surface area contributed by atoms with Crippen LogP contribution >= 0.6 is 0 Å². The summed E-state index contributed by atoms with van der Waals surface area (Å²) in [6.45, 7) is -0.600. The van der Waals surface area contributed by atoms with E-state index in [-0.39, 0.29) is 6.54 Å². The maximum absolute atomic E-state index is 12.0. The standard InChI is InChI=1S/C15H26N2O6/c1-22-17(9-13(18)19)8-12(23-15(17)21)14(20)11(16)7-10-5-3-2-4-6-10/h10-12,14,20H,2-9,16H2,1H3/p+1/t11-,12-,14+,17?/m0/s1. The van der Waals surface area contributed by atoms with Gasteiger partial charge in [0.1, 0.15) is 6.10 Å². The molecule has 0 aromatic heterocycles. The van der Waals surface area contributed by atoms with Gasteiger partial charge in [0.25, 0.3) is 0 Å². The Hall–Kier alpha value is -1.22. The van der Waals surface area contributed by atoms with Crippen LogP contribution in [0.4, 0.5) is 4.79 Å². The molecule has 0 radical (unpaired) electrons. The molecule has 0 spiro atoms. The highest BCUT2D eigenvalue weighted by Crippen LogP contribution is 2.30. The fraction of sp³-hybridized carbons (Fsp3) is 0.867. The second kappa shape index (κ2) is 7.57. The molecule has 4 atom stereocenters. The number of carboxylic acid groups (broad SMARTS) is 1. The molecule has 1 saturated carbocycles. The minimum absolute atomic E-state index is 0.0544. The van der Waals surface area contributed by atoms with Gasteiger partial charge in [0.05, 0.1) is 7.11 Å². The molecular weight excluding hydrogens is 304 g/mol. The van der Waals surface area contributed by atoms with E-state index in [0.717, 1.165) is 12.8 Å². The normalized spacial score (nSPS) is 31.6. The molecule has 1 unspecified atom stereocenters. The molecule has 23 heavy (non-hydrogen) atoms. The molecule has 0 bridgehead atoms. The molecule has 1 heterocycles. The zero-order valence-corrected chi connectivity index (χ0v) is 13.5. The lowest BCUT2D eigenvalue weighted by Gasteiger charge is -2.28. The quantitative estimate of drug-likeness (QED) is 0.585. The number of nitrogens with two attached hydrogens (primary N) is 1. The first-order valence-electron chi connectivity index (χ1n) is 8.17. The second-order valence-electron chi connectivity index (χ2n) is 6.62. The van der Waals surface area contributed by atoms with E-state index >= 15 is 0 Å². The highest BCUT2D eigenvalue weighted by Gasteiger charge is 2.55. The number of aliphatic carboxylic acids is 1. The lowest BCUT2D eigenvalue weighted by Crippen LogP contribution is -2.53. The third-order valence-corrected chi connectivity index (χ3v) is 4.95. The summed E-state index contributed by atoms with van der Waals surface area (Å²) >= 11 is 0. The van der Waals surface area contributed by atoms with Crippen LogP contribution in [0.1, 0.15) is 38.5 Å². The van der Waals surface area contributed by atoms with Crippen LogP contribution in [0.2, 0.25) is 0 Å². The minimum Gasteiger partial charge on any atom is -0.477 e. The van der Waals surface area contributed by atoms with Crippen LogP contribution in [0.15, 0.2) is 0 Å². The van der Waals surface area contributed by atoms with Crippen molar-refractivity contribution < 1.29 is 34.0 Å². The molecule has 1 saturated heterocycles. The van der Waals surface area contributed by atoms with Gasteiger partial charge < -0.3 is 20.7 Å². The lowest BCUT2D eigenvalue weighted by atomic mass is 9.83. The summed E-state index contributed by atoms with van der Waals surface area (Å²) in [7, 11) is 1.25. The molecule has 1 aliphatic heterocycles. The van der Waals surface area contributed by atoms with Crippen LogP contribution in [0.3, 0.4) is 0 Å². The molecule has 4 N–H and O–H groups in total. The first-order chi connectivity index (χ1) is 10.9. The zero-order valence-electron chi connectivity index (χ0n) is 13.5. The van der Waals surface area contributed by atoms with Gasteiger partial charge in [0, 0.05) is 6.04 Å². The molecule has 8 nitrogen and oxygen atoms in total. The fourth-order valence-electron chi connectivity index (χ4n) is 3.59. The van der Waals surface area contributed by atoms with E-state index in [1.165, 1.54) is 26.4 Å². The van der Waals surface area contributed by atoms with Gasteiger partial charge in [-0.1, -0.05) is 36.8 Å². The van der Waals surface area contributed by atoms with Gasteiger partial charge >= 0.3 is 12.1 Å².